The summed E-state index contributed by atoms with van der Waals surface area (Å²) in [7, 11) is 0. The molecule has 2 aromatic rings. The first-order chi connectivity index (χ1) is 8.06. The molecule has 0 bridgehead atoms. The highest BCUT2D eigenvalue weighted by molar-refractivity contribution is 9.10. The maximum absolute atomic E-state index is 6.02. The number of halogens is 2. The highest BCUT2D eigenvalue weighted by atomic mass is 79.9. The number of nitrogens with one attached hydrogen (secondary N) is 1. The van der Waals surface area contributed by atoms with Crippen molar-refractivity contribution in [3.8, 4) is 0 Å². The van der Waals surface area contributed by atoms with Gasteiger partial charge in [-0.05, 0) is 32.0 Å². The van der Waals surface area contributed by atoms with Crippen LogP contribution in [0.3, 0.4) is 0 Å². The third-order valence-corrected chi connectivity index (χ3v) is 3.15. The third-order valence-electron chi connectivity index (χ3n) is 2.29. The van der Waals surface area contributed by atoms with Gasteiger partial charge in [0.05, 0.1) is 0 Å². The number of aryl methyl sites for hydroxylation is 1. The van der Waals surface area contributed by atoms with Gasteiger partial charge in [0, 0.05) is 15.7 Å². The van der Waals surface area contributed by atoms with Crippen LogP contribution in [0, 0.1) is 13.8 Å². The molecule has 0 unspecified atom stereocenters. The summed E-state index contributed by atoms with van der Waals surface area (Å²) in [5, 5.41) is 3.71. The van der Waals surface area contributed by atoms with Gasteiger partial charge in [-0.2, -0.15) is 0 Å². The van der Waals surface area contributed by atoms with E-state index in [2.05, 4.69) is 31.2 Å². The van der Waals surface area contributed by atoms with Crippen molar-refractivity contribution in [2.24, 2.45) is 0 Å². The van der Waals surface area contributed by atoms with Crippen LogP contribution in [0.25, 0.3) is 0 Å². The fourth-order valence-electron chi connectivity index (χ4n) is 1.42. The Labute approximate surface area is 113 Å². The molecule has 0 aliphatic heterocycles. The molecule has 1 aromatic heterocycles. The molecule has 17 heavy (non-hydrogen) atoms. The Morgan fingerprint density at radius 2 is 2.00 bits per heavy atom. The molecule has 0 radical (unpaired) electrons. The summed E-state index contributed by atoms with van der Waals surface area (Å²) >= 11 is 9.44. The van der Waals surface area contributed by atoms with Crippen LogP contribution in [0.2, 0.25) is 5.15 Å². The monoisotopic (exact) mass is 311 g/mol. The van der Waals surface area contributed by atoms with Crippen LogP contribution in [0.5, 0.6) is 0 Å². The number of nitrogens with zero attached hydrogens (tertiary/aromatic N) is 2. The molecular formula is C12H11BrClN3. The molecule has 0 aliphatic carbocycles. The molecule has 2 rings (SSSR count). The fraction of sp³-hybridized carbons (Fsp3) is 0.167. The molecule has 1 aromatic carbocycles. The first-order valence-electron chi connectivity index (χ1n) is 5.09. The summed E-state index contributed by atoms with van der Waals surface area (Å²) in [6.07, 6.45) is 0. The van der Waals surface area contributed by atoms with Gasteiger partial charge >= 0.3 is 0 Å². The highest BCUT2D eigenvalue weighted by Gasteiger charge is 2.07. The predicted octanol–water partition coefficient (Wildman–Crippen LogP) is 4.25. The van der Waals surface area contributed by atoms with Crippen LogP contribution in [0.15, 0.2) is 28.7 Å². The van der Waals surface area contributed by atoms with Crippen molar-refractivity contribution in [2.45, 2.75) is 13.8 Å². The summed E-state index contributed by atoms with van der Waals surface area (Å²) in [6.45, 7) is 3.71. The molecule has 88 valence electrons. The first-order valence-corrected chi connectivity index (χ1v) is 6.26. The minimum absolute atomic E-state index is 0.481. The smallest absolute Gasteiger partial charge is 0.138 e. The van der Waals surface area contributed by atoms with Gasteiger partial charge in [0.2, 0.25) is 0 Å². The Hall–Kier alpha value is -1.13. The Morgan fingerprint density at radius 1 is 1.24 bits per heavy atom. The van der Waals surface area contributed by atoms with Crippen LogP contribution in [0.1, 0.15) is 11.4 Å². The molecule has 5 heteroatoms. The second-order valence-electron chi connectivity index (χ2n) is 3.67. The Kier molecular flexibility index (Phi) is 3.64. The maximum Gasteiger partial charge on any atom is 0.138 e. The number of rotatable bonds is 2. The van der Waals surface area contributed by atoms with Crippen molar-refractivity contribution >= 4 is 39.0 Å². The van der Waals surface area contributed by atoms with Crippen molar-refractivity contribution in [1.29, 1.82) is 0 Å². The van der Waals surface area contributed by atoms with E-state index < -0.39 is 0 Å². The first kappa shape index (κ1) is 12.3. The van der Waals surface area contributed by atoms with Gasteiger partial charge in [-0.1, -0.05) is 33.6 Å². The van der Waals surface area contributed by atoms with Gasteiger partial charge < -0.3 is 5.32 Å². The topological polar surface area (TPSA) is 37.8 Å². The summed E-state index contributed by atoms with van der Waals surface area (Å²) in [5.74, 6) is 1.39. The Bertz CT molecular complexity index is 557. The number of aromatic nitrogens is 2. The van der Waals surface area contributed by atoms with E-state index in [-0.39, 0.29) is 0 Å². The zero-order chi connectivity index (χ0) is 12.4. The van der Waals surface area contributed by atoms with Gasteiger partial charge in [-0.15, -0.1) is 0 Å². The quantitative estimate of drug-likeness (QED) is 0.842. The van der Waals surface area contributed by atoms with E-state index in [1.165, 1.54) is 0 Å². The molecule has 0 saturated heterocycles. The molecule has 0 spiro atoms. The molecule has 3 nitrogen and oxygen atoms in total. The molecule has 0 fully saturated rings. The minimum Gasteiger partial charge on any atom is -0.340 e. The van der Waals surface area contributed by atoms with Gasteiger partial charge in [-0.25, -0.2) is 9.97 Å². The number of benzene rings is 1. The van der Waals surface area contributed by atoms with Crippen molar-refractivity contribution < 1.29 is 0 Å². The lowest BCUT2D eigenvalue weighted by Crippen LogP contribution is -2.01. The molecule has 0 amide bonds. The van der Waals surface area contributed by atoms with E-state index in [0.29, 0.717) is 11.0 Å². The van der Waals surface area contributed by atoms with Gasteiger partial charge in [0.25, 0.3) is 0 Å². The van der Waals surface area contributed by atoms with E-state index in [4.69, 9.17) is 11.6 Å². The average Bonchev–Trinajstić information content (AvgIpc) is 2.25. The van der Waals surface area contributed by atoms with Crippen molar-refractivity contribution in [3.05, 3.63) is 45.3 Å². The predicted molar refractivity (Wildman–Crippen MR) is 73.9 cm³/mol. The number of hydrogen-bond donors (Lipinski definition) is 1. The SMILES string of the molecule is Cc1nc(Cl)c(C)c(Nc2cccc(Br)c2)n1. The van der Waals surface area contributed by atoms with E-state index in [9.17, 15) is 0 Å². The molecule has 0 atom stereocenters. The molecule has 1 N–H and O–H groups in total. The van der Waals surface area contributed by atoms with E-state index in [0.717, 1.165) is 21.5 Å². The standard InChI is InChI=1S/C12H11BrClN3/c1-7-11(14)15-8(2)16-12(7)17-10-5-3-4-9(13)6-10/h3-6H,1-2H3,(H,15,16,17). The molecular weight excluding hydrogens is 302 g/mol. The summed E-state index contributed by atoms with van der Waals surface area (Å²) in [6, 6.07) is 7.87. The minimum atomic E-state index is 0.481. The van der Waals surface area contributed by atoms with Crippen LogP contribution in [-0.4, -0.2) is 9.97 Å². The lowest BCUT2D eigenvalue weighted by atomic mass is 10.3. The lowest BCUT2D eigenvalue weighted by Gasteiger charge is -2.10. The number of anilines is 2. The third kappa shape index (κ3) is 2.96. The van der Waals surface area contributed by atoms with Crippen LogP contribution in [-0.2, 0) is 0 Å². The van der Waals surface area contributed by atoms with Crippen LogP contribution < -0.4 is 5.32 Å². The highest BCUT2D eigenvalue weighted by Crippen LogP contribution is 2.24. The fourth-order valence-corrected chi connectivity index (χ4v) is 2.03. The average molecular weight is 313 g/mol. The van der Waals surface area contributed by atoms with Crippen molar-refractivity contribution in [2.75, 3.05) is 5.32 Å². The zero-order valence-corrected chi connectivity index (χ0v) is 11.8. The number of hydrogen-bond acceptors (Lipinski definition) is 3. The lowest BCUT2D eigenvalue weighted by molar-refractivity contribution is 1.04. The van der Waals surface area contributed by atoms with E-state index in [1.54, 1.807) is 0 Å². The normalized spacial score (nSPS) is 10.4. The summed E-state index contributed by atoms with van der Waals surface area (Å²) < 4.78 is 1.01. The zero-order valence-electron chi connectivity index (χ0n) is 9.46. The largest absolute Gasteiger partial charge is 0.340 e. The summed E-state index contributed by atoms with van der Waals surface area (Å²) in [5.41, 5.74) is 1.80. The van der Waals surface area contributed by atoms with E-state index in [1.807, 2.05) is 38.1 Å². The van der Waals surface area contributed by atoms with Crippen LogP contribution in [0.4, 0.5) is 11.5 Å². The summed E-state index contributed by atoms with van der Waals surface area (Å²) in [4.78, 5) is 8.43. The molecule has 1 heterocycles. The Balaban J connectivity index is 2.36. The molecule has 0 saturated carbocycles. The van der Waals surface area contributed by atoms with Crippen LogP contribution >= 0.6 is 27.5 Å². The second-order valence-corrected chi connectivity index (χ2v) is 4.94. The van der Waals surface area contributed by atoms with Gasteiger partial charge in [-0.3, -0.25) is 0 Å². The van der Waals surface area contributed by atoms with Crippen molar-refractivity contribution in [3.63, 3.8) is 0 Å². The second kappa shape index (κ2) is 5.02. The van der Waals surface area contributed by atoms with Gasteiger partial charge in [0.15, 0.2) is 0 Å². The Morgan fingerprint density at radius 3 is 2.71 bits per heavy atom. The van der Waals surface area contributed by atoms with E-state index >= 15 is 0 Å². The van der Waals surface area contributed by atoms with Gasteiger partial charge in [0.1, 0.15) is 16.8 Å². The van der Waals surface area contributed by atoms with Crippen molar-refractivity contribution in [1.82, 2.24) is 9.97 Å². The molecule has 0 aliphatic rings. The maximum atomic E-state index is 6.02.